The van der Waals surface area contributed by atoms with Crippen molar-refractivity contribution in [2.45, 2.75) is 39.2 Å². The topological polar surface area (TPSA) is 29.0 Å². The third kappa shape index (κ3) is 2.16. The molecule has 1 aliphatic heterocycles. The van der Waals surface area contributed by atoms with Gasteiger partial charge < -0.3 is 4.90 Å². The molecule has 1 aromatic carbocycles. The van der Waals surface area contributed by atoms with Crippen molar-refractivity contribution in [2.24, 2.45) is 0 Å². The van der Waals surface area contributed by atoms with Crippen molar-refractivity contribution in [1.82, 2.24) is 9.97 Å². The normalized spacial score (nSPS) is 17.9. The Morgan fingerprint density at radius 1 is 1.30 bits per heavy atom. The largest absolute Gasteiger partial charge is 0.323 e. The van der Waals surface area contributed by atoms with E-state index >= 15 is 0 Å². The van der Waals surface area contributed by atoms with E-state index in [1.54, 1.807) is 6.33 Å². The number of nitrogens with zero attached hydrogens (tertiary/aromatic N) is 3. The molecule has 1 aliphatic rings. The molecule has 0 saturated heterocycles. The zero-order chi connectivity index (χ0) is 14.1. The van der Waals surface area contributed by atoms with Gasteiger partial charge >= 0.3 is 0 Å². The van der Waals surface area contributed by atoms with Gasteiger partial charge in [-0.05, 0) is 37.8 Å². The molecule has 0 amide bonds. The molecule has 0 spiro atoms. The first-order valence-electron chi connectivity index (χ1n) is 7.09. The van der Waals surface area contributed by atoms with Gasteiger partial charge in [0.2, 0.25) is 0 Å². The number of aromatic nitrogens is 2. The summed E-state index contributed by atoms with van der Waals surface area (Å²) in [4.78, 5) is 10.9. The van der Waals surface area contributed by atoms with E-state index in [1.165, 1.54) is 11.3 Å². The molecule has 2 heterocycles. The molecule has 1 aromatic heterocycles. The number of halogens is 1. The van der Waals surface area contributed by atoms with Crippen LogP contribution in [0.3, 0.4) is 0 Å². The van der Waals surface area contributed by atoms with Gasteiger partial charge in [-0.3, -0.25) is 0 Å². The Balaban J connectivity index is 2.17. The first-order chi connectivity index (χ1) is 9.72. The minimum Gasteiger partial charge on any atom is -0.323 e. The van der Waals surface area contributed by atoms with Gasteiger partial charge in [-0.25, -0.2) is 9.97 Å². The van der Waals surface area contributed by atoms with Gasteiger partial charge in [-0.1, -0.05) is 36.7 Å². The molecule has 104 valence electrons. The summed E-state index contributed by atoms with van der Waals surface area (Å²) in [7, 11) is 0. The van der Waals surface area contributed by atoms with Crippen LogP contribution in [-0.4, -0.2) is 16.0 Å². The quantitative estimate of drug-likeness (QED) is 0.777. The van der Waals surface area contributed by atoms with E-state index < -0.39 is 0 Å². The molecule has 2 aromatic rings. The van der Waals surface area contributed by atoms with Crippen LogP contribution in [0.15, 0.2) is 30.6 Å². The first-order valence-corrected chi connectivity index (χ1v) is 7.46. The van der Waals surface area contributed by atoms with Gasteiger partial charge in [-0.15, -0.1) is 0 Å². The van der Waals surface area contributed by atoms with Gasteiger partial charge in [0.1, 0.15) is 17.3 Å². The lowest BCUT2D eigenvalue weighted by atomic mass is 9.96. The Morgan fingerprint density at radius 2 is 2.10 bits per heavy atom. The van der Waals surface area contributed by atoms with E-state index in [1.807, 2.05) is 0 Å². The van der Waals surface area contributed by atoms with Crippen LogP contribution in [0.25, 0.3) is 0 Å². The predicted octanol–water partition coefficient (Wildman–Crippen LogP) is 4.17. The van der Waals surface area contributed by atoms with Crippen LogP contribution >= 0.6 is 11.6 Å². The lowest BCUT2D eigenvalue weighted by Gasteiger charge is -2.37. The van der Waals surface area contributed by atoms with Crippen molar-refractivity contribution >= 4 is 23.1 Å². The highest BCUT2D eigenvalue weighted by atomic mass is 35.5. The van der Waals surface area contributed by atoms with Crippen LogP contribution in [-0.2, 0) is 12.8 Å². The zero-order valence-corrected chi connectivity index (χ0v) is 12.6. The fourth-order valence-corrected chi connectivity index (χ4v) is 3.17. The number of anilines is 2. The fourth-order valence-electron chi connectivity index (χ4n) is 2.90. The second-order valence-electron chi connectivity index (χ2n) is 5.21. The van der Waals surface area contributed by atoms with E-state index in [9.17, 15) is 0 Å². The molecule has 0 radical (unpaired) electrons. The molecular weight excluding hydrogens is 270 g/mol. The highest BCUT2D eigenvalue weighted by molar-refractivity contribution is 6.30. The summed E-state index contributed by atoms with van der Waals surface area (Å²) in [6, 6.07) is 8.96. The summed E-state index contributed by atoms with van der Waals surface area (Å²) in [6.45, 7) is 4.33. The summed E-state index contributed by atoms with van der Waals surface area (Å²) in [5, 5.41) is 0.563. The maximum Gasteiger partial charge on any atom is 0.141 e. The smallest absolute Gasteiger partial charge is 0.141 e. The fraction of sp³-hybridized carbons (Fsp3) is 0.375. The van der Waals surface area contributed by atoms with Crippen molar-refractivity contribution < 1.29 is 0 Å². The molecule has 0 saturated carbocycles. The number of hydrogen-bond donors (Lipinski definition) is 0. The molecule has 4 heteroatoms. The second-order valence-corrected chi connectivity index (χ2v) is 5.56. The second kappa shape index (κ2) is 5.41. The molecule has 20 heavy (non-hydrogen) atoms. The van der Waals surface area contributed by atoms with Gasteiger partial charge in [0.05, 0.1) is 0 Å². The summed E-state index contributed by atoms with van der Waals surface area (Å²) in [6.07, 6.45) is 4.64. The summed E-state index contributed by atoms with van der Waals surface area (Å²) in [5.41, 5.74) is 3.65. The van der Waals surface area contributed by atoms with Crippen molar-refractivity contribution in [3.8, 4) is 0 Å². The van der Waals surface area contributed by atoms with Crippen LogP contribution in [0.4, 0.5) is 11.5 Å². The highest BCUT2D eigenvalue weighted by Gasteiger charge is 2.27. The monoisotopic (exact) mass is 287 g/mol. The number of benzene rings is 1. The van der Waals surface area contributed by atoms with Crippen LogP contribution in [0, 0.1) is 0 Å². The summed E-state index contributed by atoms with van der Waals surface area (Å²) >= 11 is 6.25. The molecule has 1 atom stereocenters. The standard InChI is InChI=1S/C16H18ClN3/c1-3-13-15(17)18-10-19-16(13)20-11(2)8-9-12-6-4-5-7-14(12)20/h4-7,10-11H,3,8-9H2,1-2H3. The Labute approximate surface area is 124 Å². The average molecular weight is 288 g/mol. The Bertz CT molecular complexity index is 627. The average Bonchev–Trinajstić information content (AvgIpc) is 2.47. The molecular formula is C16H18ClN3. The summed E-state index contributed by atoms with van der Waals surface area (Å²) in [5.74, 6) is 0.951. The Kier molecular flexibility index (Phi) is 3.62. The molecule has 0 aliphatic carbocycles. The van der Waals surface area contributed by atoms with Gasteiger partial charge in [0, 0.05) is 17.3 Å². The Hall–Kier alpha value is -1.61. The van der Waals surface area contributed by atoms with E-state index in [2.05, 4.69) is 53.0 Å². The number of fused-ring (bicyclic) bond motifs is 1. The Morgan fingerprint density at radius 3 is 2.90 bits per heavy atom. The molecule has 1 unspecified atom stereocenters. The maximum atomic E-state index is 6.25. The van der Waals surface area contributed by atoms with E-state index in [-0.39, 0.29) is 0 Å². The van der Waals surface area contributed by atoms with Crippen molar-refractivity contribution in [3.63, 3.8) is 0 Å². The zero-order valence-electron chi connectivity index (χ0n) is 11.8. The number of para-hydroxylation sites is 1. The van der Waals surface area contributed by atoms with E-state index in [4.69, 9.17) is 11.6 Å². The lowest BCUT2D eigenvalue weighted by molar-refractivity contribution is 0.611. The maximum absolute atomic E-state index is 6.25. The van der Waals surface area contributed by atoms with Crippen LogP contribution in [0.1, 0.15) is 31.4 Å². The lowest BCUT2D eigenvalue weighted by Crippen LogP contribution is -2.34. The molecule has 3 rings (SSSR count). The van der Waals surface area contributed by atoms with Gasteiger partial charge in [0.15, 0.2) is 0 Å². The van der Waals surface area contributed by atoms with Crippen LogP contribution in [0.2, 0.25) is 5.15 Å². The summed E-state index contributed by atoms with van der Waals surface area (Å²) < 4.78 is 0. The number of rotatable bonds is 2. The van der Waals surface area contributed by atoms with Crippen molar-refractivity contribution in [2.75, 3.05) is 4.90 Å². The molecule has 0 N–H and O–H groups in total. The number of aryl methyl sites for hydroxylation is 1. The minimum atomic E-state index is 0.418. The van der Waals surface area contributed by atoms with Crippen molar-refractivity contribution in [3.05, 3.63) is 46.9 Å². The molecule has 0 bridgehead atoms. The van der Waals surface area contributed by atoms with Crippen LogP contribution < -0.4 is 4.90 Å². The molecule has 3 nitrogen and oxygen atoms in total. The SMILES string of the molecule is CCc1c(Cl)ncnc1N1c2ccccc2CCC1C. The highest BCUT2D eigenvalue weighted by Crippen LogP contribution is 2.38. The number of hydrogen-bond acceptors (Lipinski definition) is 3. The third-order valence-corrected chi connectivity index (χ3v) is 4.30. The molecule has 0 fully saturated rings. The van der Waals surface area contributed by atoms with Crippen molar-refractivity contribution in [1.29, 1.82) is 0 Å². The van der Waals surface area contributed by atoms with Gasteiger partial charge in [-0.2, -0.15) is 0 Å². The van der Waals surface area contributed by atoms with E-state index in [0.717, 1.165) is 30.6 Å². The van der Waals surface area contributed by atoms with Gasteiger partial charge in [0.25, 0.3) is 0 Å². The minimum absolute atomic E-state index is 0.418. The first kappa shape index (κ1) is 13.4. The third-order valence-electron chi connectivity index (χ3n) is 3.98. The van der Waals surface area contributed by atoms with Crippen LogP contribution in [0.5, 0.6) is 0 Å². The van der Waals surface area contributed by atoms with E-state index in [0.29, 0.717) is 11.2 Å². The predicted molar refractivity (Wildman–Crippen MR) is 82.8 cm³/mol.